The van der Waals surface area contributed by atoms with E-state index in [0.29, 0.717) is 6.10 Å². The molecule has 2 aliphatic heterocycles. The molecule has 2 unspecified atom stereocenters. The first kappa shape index (κ1) is 18.5. The molecule has 1 saturated heterocycles. The average molecular weight is 370 g/mol. The number of hydrazone groups is 1. The molecule has 2 heterocycles. The van der Waals surface area contributed by atoms with Crippen molar-refractivity contribution in [3.05, 3.63) is 29.8 Å². The van der Waals surface area contributed by atoms with Gasteiger partial charge < -0.3 is 9.64 Å². The SMILES string of the molecule is CC1C(=O)NN=C(c2ccc(OC3CCN(C4CCCC4)CC3)cc2)C1C. The number of hydrogen-bond donors (Lipinski definition) is 1. The lowest BCUT2D eigenvalue weighted by Crippen LogP contribution is -2.43. The van der Waals surface area contributed by atoms with E-state index in [-0.39, 0.29) is 17.7 Å². The van der Waals surface area contributed by atoms with Crippen molar-refractivity contribution < 1.29 is 9.53 Å². The molecule has 1 N–H and O–H groups in total. The smallest absolute Gasteiger partial charge is 0.243 e. The fourth-order valence-electron chi connectivity index (χ4n) is 4.64. The number of piperidine rings is 1. The number of likely N-dealkylation sites (tertiary alicyclic amines) is 1. The molecular weight excluding hydrogens is 338 g/mol. The van der Waals surface area contributed by atoms with E-state index in [2.05, 4.69) is 34.5 Å². The van der Waals surface area contributed by atoms with Crippen molar-refractivity contribution in [2.45, 2.75) is 64.5 Å². The van der Waals surface area contributed by atoms with E-state index < -0.39 is 0 Å². The van der Waals surface area contributed by atoms with Crippen molar-refractivity contribution in [1.82, 2.24) is 10.3 Å². The van der Waals surface area contributed by atoms with Crippen LogP contribution in [0.15, 0.2) is 29.4 Å². The Kier molecular flexibility index (Phi) is 5.48. The highest BCUT2D eigenvalue weighted by Crippen LogP contribution is 2.28. The Morgan fingerprint density at radius 2 is 1.67 bits per heavy atom. The third-order valence-electron chi connectivity index (χ3n) is 6.65. The minimum absolute atomic E-state index is 0.00449. The van der Waals surface area contributed by atoms with Gasteiger partial charge in [-0.3, -0.25) is 4.79 Å². The maximum atomic E-state index is 11.7. The highest BCUT2D eigenvalue weighted by atomic mass is 16.5. The number of carbonyl (C=O) groups is 1. The van der Waals surface area contributed by atoms with E-state index in [1.165, 1.54) is 38.8 Å². The first-order valence-corrected chi connectivity index (χ1v) is 10.5. The van der Waals surface area contributed by atoms with Gasteiger partial charge in [-0.05, 0) is 55.5 Å². The van der Waals surface area contributed by atoms with Gasteiger partial charge in [-0.2, -0.15) is 5.10 Å². The molecule has 27 heavy (non-hydrogen) atoms. The molecular formula is C22H31N3O2. The summed E-state index contributed by atoms with van der Waals surface area (Å²) in [6, 6.07) is 9.01. The van der Waals surface area contributed by atoms with Gasteiger partial charge >= 0.3 is 0 Å². The topological polar surface area (TPSA) is 53.9 Å². The van der Waals surface area contributed by atoms with Crippen LogP contribution in [0.4, 0.5) is 0 Å². The summed E-state index contributed by atoms with van der Waals surface area (Å²) in [5.74, 6) is 0.985. The molecule has 146 valence electrons. The number of nitrogens with zero attached hydrogens (tertiary/aromatic N) is 2. The second-order valence-electron chi connectivity index (χ2n) is 8.37. The molecule has 1 aliphatic carbocycles. The predicted octanol–water partition coefficient (Wildman–Crippen LogP) is 3.58. The van der Waals surface area contributed by atoms with Crippen LogP contribution < -0.4 is 10.2 Å². The van der Waals surface area contributed by atoms with Crippen LogP contribution in [0, 0.1) is 11.8 Å². The van der Waals surface area contributed by atoms with Crippen molar-refractivity contribution in [2.75, 3.05) is 13.1 Å². The normalized spacial score (nSPS) is 28.1. The van der Waals surface area contributed by atoms with E-state index in [9.17, 15) is 4.79 Å². The number of benzene rings is 1. The van der Waals surface area contributed by atoms with Gasteiger partial charge in [0.05, 0.1) is 5.71 Å². The van der Waals surface area contributed by atoms with Gasteiger partial charge in [0.1, 0.15) is 11.9 Å². The zero-order chi connectivity index (χ0) is 18.8. The lowest BCUT2D eigenvalue weighted by Gasteiger charge is -2.36. The molecule has 1 aromatic carbocycles. The molecule has 0 radical (unpaired) electrons. The van der Waals surface area contributed by atoms with Crippen molar-refractivity contribution in [3.8, 4) is 5.75 Å². The lowest BCUT2D eigenvalue weighted by molar-refractivity contribution is -0.125. The summed E-state index contributed by atoms with van der Waals surface area (Å²) in [6.07, 6.45) is 8.12. The highest BCUT2D eigenvalue weighted by molar-refractivity contribution is 6.06. The molecule has 1 amide bonds. The summed E-state index contributed by atoms with van der Waals surface area (Å²) in [6.45, 7) is 6.34. The minimum atomic E-state index is -0.0570. The second-order valence-corrected chi connectivity index (χ2v) is 8.37. The van der Waals surface area contributed by atoms with Crippen molar-refractivity contribution in [2.24, 2.45) is 16.9 Å². The van der Waals surface area contributed by atoms with Crippen molar-refractivity contribution in [1.29, 1.82) is 0 Å². The van der Waals surface area contributed by atoms with Crippen molar-refractivity contribution in [3.63, 3.8) is 0 Å². The van der Waals surface area contributed by atoms with Gasteiger partial charge in [-0.1, -0.05) is 26.7 Å². The summed E-state index contributed by atoms with van der Waals surface area (Å²) >= 11 is 0. The Labute approximate surface area is 162 Å². The van der Waals surface area contributed by atoms with Gasteiger partial charge in [-0.15, -0.1) is 0 Å². The molecule has 1 saturated carbocycles. The number of carbonyl (C=O) groups excluding carboxylic acids is 1. The maximum absolute atomic E-state index is 11.7. The third-order valence-corrected chi connectivity index (χ3v) is 6.65. The monoisotopic (exact) mass is 369 g/mol. The Hall–Kier alpha value is -1.88. The summed E-state index contributed by atoms with van der Waals surface area (Å²) < 4.78 is 6.24. The first-order chi connectivity index (χ1) is 13.1. The fraction of sp³-hybridized carbons (Fsp3) is 0.636. The largest absolute Gasteiger partial charge is 0.490 e. The highest BCUT2D eigenvalue weighted by Gasteiger charge is 2.30. The Morgan fingerprint density at radius 3 is 2.33 bits per heavy atom. The van der Waals surface area contributed by atoms with Crippen LogP contribution in [0.25, 0.3) is 0 Å². The van der Waals surface area contributed by atoms with E-state index in [0.717, 1.165) is 35.9 Å². The van der Waals surface area contributed by atoms with Gasteiger partial charge in [0, 0.05) is 31.0 Å². The Morgan fingerprint density at radius 1 is 1.00 bits per heavy atom. The van der Waals surface area contributed by atoms with Crippen LogP contribution in [0.2, 0.25) is 0 Å². The second kappa shape index (κ2) is 8.01. The zero-order valence-corrected chi connectivity index (χ0v) is 16.5. The molecule has 2 fully saturated rings. The summed E-state index contributed by atoms with van der Waals surface area (Å²) in [4.78, 5) is 14.4. The Balaban J connectivity index is 1.33. The summed E-state index contributed by atoms with van der Waals surface area (Å²) in [7, 11) is 0. The molecule has 5 nitrogen and oxygen atoms in total. The Bertz CT molecular complexity index is 686. The van der Waals surface area contributed by atoms with Crippen LogP contribution in [0.1, 0.15) is 57.9 Å². The zero-order valence-electron chi connectivity index (χ0n) is 16.5. The van der Waals surface area contributed by atoms with Crippen LogP contribution in [-0.4, -0.2) is 41.8 Å². The number of ether oxygens (including phenoxy) is 1. The van der Waals surface area contributed by atoms with E-state index >= 15 is 0 Å². The van der Waals surface area contributed by atoms with Crippen LogP contribution in [-0.2, 0) is 4.79 Å². The molecule has 0 bridgehead atoms. The number of rotatable bonds is 4. The van der Waals surface area contributed by atoms with Gasteiger partial charge in [0.25, 0.3) is 0 Å². The van der Waals surface area contributed by atoms with E-state index in [1.54, 1.807) is 0 Å². The third kappa shape index (κ3) is 4.03. The van der Waals surface area contributed by atoms with Gasteiger partial charge in [-0.25, -0.2) is 5.43 Å². The number of nitrogens with one attached hydrogen (secondary N) is 1. The van der Waals surface area contributed by atoms with Crippen molar-refractivity contribution >= 4 is 11.6 Å². The molecule has 5 heteroatoms. The minimum Gasteiger partial charge on any atom is -0.490 e. The van der Waals surface area contributed by atoms with Crippen LogP contribution in [0.3, 0.4) is 0 Å². The van der Waals surface area contributed by atoms with Crippen LogP contribution >= 0.6 is 0 Å². The average Bonchev–Trinajstić information content (AvgIpc) is 3.23. The first-order valence-electron chi connectivity index (χ1n) is 10.5. The molecule has 4 rings (SSSR count). The van der Waals surface area contributed by atoms with Gasteiger partial charge in [0.15, 0.2) is 0 Å². The summed E-state index contributed by atoms with van der Waals surface area (Å²) in [5, 5.41) is 4.27. The fourth-order valence-corrected chi connectivity index (χ4v) is 4.64. The molecule has 0 aromatic heterocycles. The maximum Gasteiger partial charge on any atom is 0.243 e. The van der Waals surface area contributed by atoms with Crippen LogP contribution in [0.5, 0.6) is 5.75 Å². The van der Waals surface area contributed by atoms with E-state index in [4.69, 9.17) is 4.74 Å². The number of hydrogen-bond acceptors (Lipinski definition) is 4. The molecule has 3 aliphatic rings. The predicted molar refractivity (Wildman–Crippen MR) is 107 cm³/mol. The molecule has 0 spiro atoms. The quantitative estimate of drug-likeness (QED) is 0.883. The molecule has 2 atom stereocenters. The standard InChI is InChI=1S/C22H31N3O2/c1-15-16(2)22(26)24-23-21(15)17-7-9-19(10-8-17)27-20-11-13-25(14-12-20)18-5-3-4-6-18/h7-10,15-16,18,20H,3-6,11-14H2,1-2H3,(H,24,26). The lowest BCUT2D eigenvalue weighted by atomic mass is 9.86. The van der Waals surface area contributed by atoms with E-state index in [1.807, 2.05) is 19.1 Å². The molecule has 1 aromatic rings. The summed E-state index contributed by atoms with van der Waals surface area (Å²) in [5.41, 5.74) is 4.63. The van der Waals surface area contributed by atoms with Gasteiger partial charge in [0.2, 0.25) is 5.91 Å². The number of amides is 1.